The third-order valence-electron chi connectivity index (χ3n) is 2.87. The number of carbonyl (C=O) groups excluding carboxylic acids is 1. The summed E-state index contributed by atoms with van der Waals surface area (Å²) in [5.41, 5.74) is 0.983. The van der Waals surface area contributed by atoms with E-state index in [0.717, 1.165) is 10.0 Å². The average molecular weight is 322 g/mol. The SMILES string of the molecule is O=C(NCC(F)(F)F)[C@@H]1C[C@@H]1c1cccc(Br)c1. The smallest absolute Gasteiger partial charge is 0.347 e. The third kappa shape index (κ3) is 3.48. The van der Waals surface area contributed by atoms with Crippen molar-refractivity contribution in [2.24, 2.45) is 5.92 Å². The molecule has 1 N–H and O–H groups in total. The molecule has 18 heavy (non-hydrogen) atoms. The van der Waals surface area contributed by atoms with Crippen LogP contribution in [0.4, 0.5) is 13.2 Å². The predicted octanol–water partition coefficient (Wildman–Crippen LogP) is 3.23. The predicted molar refractivity (Wildman–Crippen MR) is 64.1 cm³/mol. The zero-order valence-electron chi connectivity index (χ0n) is 9.30. The van der Waals surface area contributed by atoms with Crippen LogP contribution in [0, 0.1) is 5.92 Å². The highest BCUT2D eigenvalue weighted by Crippen LogP contribution is 2.47. The van der Waals surface area contributed by atoms with Crippen molar-refractivity contribution in [3.63, 3.8) is 0 Å². The Labute approximate surface area is 111 Å². The van der Waals surface area contributed by atoms with Crippen LogP contribution in [0.1, 0.15) is 17.9 Å². The molecule has 0 heterocycles. The van der Waals surface area contributed by atoms with Gasteiger partial charge in [0.05, 0.1) is 0 Å². The Morgan fingerprint density at radius 2 is 2.17 bits per heavy atom. The van der Waals surface area contributed by atoms with E-state index in [4.69, 9.17) is 0 Å². The summed E-state index contributed by atoms with van der Waals surface area (Å²) in [6, 6.07) is 7.49. The maximum atomic E-state index is 12.0. The van der Waals surface area contributed by atoms with E-state index in [0.29, 0.717) is 6.42 Å². The summed E-state index contributed by atoms with van der Waals surface area (Å²) < 4.78 is 36.8. The molecule has 1 amide bonds. The van der Waals surface area contributed by atoms with E-state index in [2.05, 4.69) is 15.9 Å². The van der Waals surface area contributed by atoms with Crippen LogP contribution in [-0.4, -0.2) is 18.6 Å². The van der Waals surface area contributed by atoms with Crippen LogP contribution in [0.25, 0.3) is 0 Å². The fourth-order valence-corrected chi connectivity index (χ4v) is 2.33. The second-order valence-electron chi connectivity index (χ2n) is 4.34. The second-order valence-corrected chi connectivity index (χ2v) is 5.25. The number of nitrogens with one attached hydrogen (secondary N) is 1. The van der Waals surface area contributed by atoms with Crippen LogP contribution < -0.4 is 5.32 Å². The lowest BCUT2D eigenvalue weighted by Crippen LogP contribution is -2.34. The van der Waals surface area contributed by atoms with Gasteiger partial charge in [0.15, 0.2) is 0 Å². The summed E-state index contributed by atoms with van der Waals surface area (Å²) in [7, 11) is 0. The third-order valence-corrected chi connectivity index (χ3v) is 3.36. The lowest BCUT2D eigenvalue weighted by atomic mass is 10.1. The van der Waals surface area contributed by atoms with Gasteiger partial charge in [-0.05, 0) is 30.0 Å². The largest absolute Gasteiger partial charge is 0.405 e. The van der Waals surface area contributed by atoms with Crippen molar-refractivity contribution in [1.82, 2.24) is 5.32 Å². The van der Waals surface area contributed by atoms with Crippen LogP contribution in [-0.2, 0) is 4.79 Å². The van der Waals surface area contributed by atoms with E-state index in [1.54, 1.807) is 0 Å². The highest BCUT2D eigenvalue weighted by atomic mass is 79.9. The van der Waals surface area contributed by atoms with E-state index in [1.807, 2.05) is 29.6 Å². The Morgan fingerprint density at radius 1 is 1.44 bits per heavy atom. The Kier molecular flexibility index (Phi) is 3.66. The zero-order valence-corrected chi connectivity index (χ0v) is 10.9. The van der Waals surface area contributed by atoms with Gasteiger partial charge in [-0.25, -0.2) is 0 Å². The maximum absolute atomic E-state index is 12.0. The van der Waals surface area contributed by atoms with Crippen LogP contribution in [0.2, 0.25) is 0 Å². The molecular formula is C12H11BrF3NO. The minimum absolute atomic E-state index is 0.0377. The van der Waals surface area contributed by atoms with E-state index < -0.39 is 18.6 Å². The molecule has 0 saturated heterocycles. The average Bonchev–Trinajstić information content (AvgIpc) is 3.05. The molecule has 6 heteroatoms. The summed E-state index contributed by atoms with van der Waals surface area (Å²) in [5, 5.41) is 1.92. The van der Waals surface area contributed by atoms with Crippen LogP contribution in [0.15, 0.2) is 28.7 Å². The Morgan fingerprint density at radius 3 is 2.78 bits per heavy atom. The van der Waals surface area contributed by atoms with Gasteiger partial charge < -0.3 is 5.32 Å². The molecule has 1 aliphatic carbocycles. The summed E-state index contributed by atoms with van der Waals surface area (Å²) in [5.74, 6) is -0.810. The van der Waals surface area contributed by atoms with E-state index >= 15 is 0 Å². The van der Waals surface area contributed by atoms with Crippen molar-refractivity contribution < 1.29 is 18.0 Å². The molecule has 0 unspecified atom stereocenters. The number of benzene rings is 1. The molecule has 0 radical (unpaired) electrons. The maximum Gasteiger partial charge on any atom is 0.405 e. The number of halogens is 4. The molecule has 2 nitrogen and oxygen atoms in total. The Bertz CT molecular complexity index is 461. The minimum atomic E-state index is -4.35. The molecule has 1 aromatic rings. The number of rotatable bonds is 3. The summed E-state index contributed by atoms with van der Waals surface area (Å²) in [4.78, 5) is 11.5. The van der Waals surface area contributed by atoms with Crippen LogP contribution in [0.5, 0.6) is 0 Å². The minimum Gasteiger partial charge on any atom is -0.347 e. The molecule has 0 aliphatic heterocycles. The van der Waals surface area contributed by atoms with Gasteiger partial charge in [0, 0.05) is 10.4 Å². The summed E-state index contributed by atoms with van der Waals surface area (Å²) in [6.45, 7) is -1.26. The number of hydrogen-bond acceptors (Lipinski definition) is 1. The first-order valence-electron chi connectivity index (χ1n) is 5.47. The highest BCUT2D eigenvalue weighted by molar-refractivity contribution is 9.10. The van der Waals surface area contributed by atoms with Gasteiger partial charge in [-0.15, -0.1) is 0 Å². The van der Waals surface area contributed by atoms with E-state index in [9.17, 15) is 18.0 Å². The summed E-state index contributed by atoms with van der Waals surface area (Å²) >= 11 is 3.32. The first-order chi connectivity index (χ1) is 8.37. The van der Waals surface area contributed by atoms with E-state index in [-0.39, 0.29) is 11.8 Å². The van der Waals surface area contributed by atoms with E-state index in [1.165, 1.54) is 0 Å². The molecular weight excluding hydrogens is 311 g/mol. The quantitative estimate of drug-likeness (QED) is 0.909. The first kappa shape index (κ1) is 13.4. The van der Waals surface area contributed by atoms with Gasteiger partial charge in [0.1, 0.15) is 6.54 Å². The van der Waals surface area contributed by atoms with Crippen molar-refractivity contribution in [3.05, 3.63) is 34.3 Å². The lowest BCUT2D eigenvalue weighted by Gasteiger charge is -2.08. The van der Waals surface area contributed by atoms with Crippen molar-refractivity contribution in [2.75, 3.05) is 6.54 Å². The molecule has 0 bridgehead atoms. The number of alkyl halides is 3. The molecule has 0 aromatic heterocycles. The normalized spacial score (nSPS) is 22.7. The number of carbonyl (C=O) groups is 1. The molecule has 2 rings (SSSR count). The van der Waals surface area contributed by atoms with Gasteiger partial charge >= 0.3 is 6.18 Å². The summed E-state index contributed by atoms with van der Waals surface area (Å²) in [6.07, 6.45) is -3.74. The number of amides is 1. The lowest BCUT2D eigenvalue weighted by molar-refractivity contribution is -0.139. The fourth-order valence-electron chi connectivity index (χ4n) is 1.91. The van der Waals surface area contributed by atoms with Gasteiger partial charge in [-0.1, -0.05) is 28.1 Å². The van der Waals surface area contributed by atoms with Gasteiger partial charge in [0.25, 0.3) is 0 Å². The molecule has 1 saturated carbocycles. The molecule has 0 spiro atoms. The standard InChI is InChI=1S/C12H11BrF3NO/c13-8-3-1-2-7(4-8)9-5-10(9)11(18)17-6-12(14,15)16/h1-4,9-10H,5-6H2,(H,17,18)/t9-,10-/m1/s1. The van der Waals surface area contributed by atoms with Crippen LogP contribution >= 0.6 is 15.9 Å². The topological polar surface area (TPSA) is 29.1 Å². The van der Waals surface area contributed by atoms with Gasteiger partial charge in [0.2, 0.25) is 5.91 Å². The van der Waals surface area contributed by atoms with Crippen molar-refractivity contribution >= 4 is 21.8 Å². The first-order valence-corrected chi connectivity index (χ1v) is 6.26. The molecule has 1 aromatic carbocycles. The second kappa shape index (κ2) is 4.91. The van der Waals surface area contributed by atoms with Crippen LogP contribution in [0.3, 0.4) is 0 Å². The van der Waals surface area contributed by atoms with Crippen molar-refractivity contribution in [2.45, 2.75) is 18.5 Å². The monoisotopic (exact) mass is 321 g/mol. The van der Waals surface area contributed by atoms with Gasteiger partial charge in [-0.2, -0.15) is 13.2 Å². The molecule has 1 aliphatic rings. The van der Waals surface area contributed by atoms with Crippen molar-refractivity contribution in [1.29, 1.82) is 0 Å². The highest BCUT2D eigenvalue weighted by Gasteiger charge is 2.44. The molecule has 2 atom stereocenters. The molecule has 1 fully saturated rings. The van der Waals surface area contributed by atoms with Crippen molar-refractivity contribution in [3.8, 4) is 0 Å². The zero-order chi connectivity index (χ0) is 13.3. The van der Waals surface area contributed by atoms with Gasteiger partial charge in [-0.3, -0.25) is 4.79 Å². The Hall–Kier alpha value is -1.04. The fraction of sp³-hybridized carbons (Fsp3) is 0.417. The molecule has 98 valence electrons. The number of hydrogen-bond donors (Lipinski definition) is 1. The Balaban J connectivity index is 1.89.